The van der Waals surface area contributed by atoms with Gasteiger partial charge in [0.2, 0.25) is 5.91 Å². The van der Waals surface area contributed by atoms with Gasteiger partial charge in [-0.05, 0) is 25.0 Å². The number of carbonyl (C=O) groups excluding carboxylic acids is 2. The number of nitrogens with zero attached hydrogens (tertiary/aromatic N) is 1. The van der Waals surface area contributed by atoms with Gasteiger partial charge in [-0.25, -0.2) is 4.79 Å². The second-order valence-corrected chi connectivity index (χ2v) is 10.00. The fraction of sp³-hybridized carbons (Fsp3) is 0.364. The van der Waals surface area contributed by atoms with E-state index in [0.717, 1.165) is 11.1 Å². The highest BCUT2D eigenvalue weighted by molar-refractivity contribution is 7.87. The number of amides is 1. The van der Waals surface area contributed by atoms with Crippen molar-refractivity contribution in [2.75, 3.05) is 0 Å². The number of hydrogen-bond donors (Lipinski definition) is 0. The number of rotatable bonds is 4. The van der Waals surface area contributed by atoms with Crippen molar-refractivity contribution in [3.63, 3.8) is 0 Å². The maximum absolute atomic E-state index is 13.3. The third-order valence-corrected chi connectivity index (χ3v) is 8.02. The number of ether oxygens (including phenoxy) is 1. The summed E-state index contributed by atoms with van der Waals surface area (Å²) >= 11 is 0. The molecule has 0 N–H and O–H groups in total. The van der Waals surface area contributed by atoms with Crippen molar-refractivity contribution in [3.05, 3.63) is 71.8 Å². The van der Waals surface area contributed by atoms with Crippen molar-refractivity contribution in [2.24, 2.45) is 5.92 Å². The minimum Gasteiger partial charge on any atom is -0.451 e. The molecule has 4 rings (SSSR count). The Labute approximate surface area is 167 Å². The minimum atomic E-state index is -1.32. The molecule has 0 bridgehead atoms. The molecule has 2 aromatic rings. The van der Waals surface area contributed by atoms with Gasteiger partial charge in [-0.1, -0.05) is 67.6 Å². The van der Waals surface area contributed by atoms with E-state index in [1.807, 2.05) is 60.7 Å². The van der Waals surface area contributed by atoms with E-state index in [4.69, 9.17) is 4.74 Å². The third-order valence-electron chi connectivity index (χ3n) is 5.68. The molecule has 0 saturated carbocycles. The summed E-state index contributed by atoms with van der Waals surface area (Å²) in [6.07, 6.45) is -0.591. The average Bonchev–Trinajstić information content (AvgIpc) is 2.91. The van der Waals surface area contributed by atoms with Crippen LogP contribution in [0.15, 0.2) is 60.7 Å². The van der Waals surface area contributed by atoms with Gasteiger partial charge < -0.3 is 9.64 Å². The number of benzene rings is 2. The molecule has 4 atom stereocenters. The monoisotopic (exact) mass is 397 g/mol. The first-order valence-electron chi connectivity index (χ1n) is 9.37. The summed E-state index contributed by atoms with van der Waals surface area (Å²) < 4.78 is 18.0. The van der Waals surface area contributed by atoms with Gasteiger partial charge in [0.1, 0.15) is 11.4 Å². The maximum atomic E-state index is 13.3. The SMILES string of the molecule is C[C@@H]1C(=O)N2C1S(=O)C(C)(C)[C@@H]2C(=O)OC(c1ccccc1)c1ccccc1. The highest BCUT2D eigenvalue weighted by Gasteiger charge is 2.66. The van der Waals surface area contributed by atoms with Crippen LogP contribution in [0, 0.1) is 5.92 Å². The molecule has 0 aromatic heterocycles. The van der Waals surface area contributed by atoms with Gasteiger partial charge in [-0.15, -0.1) is 0 Å². The fourth-order valence-electron chi connectivity index (χ4n) is 4.12. The van der Waals surface area contributed by atoms with Crippen LogP contribution in [0.3, 0.4) is 0 Å². The Balaban J connectivity index is 1.67. The molecular formula is C22H23NO4S. The lowest BCUT2D eigenvalue weighted by Crippen LogP contribution is -2.62. The number of esters is 1. The van der Waals surface area contributed by atoms with E-state index >= 15 is 0 Å². The summed E-state index contributed by atoms with van der Waals surface area (Å²) in [4.78, 5) is 27.1. The zero-order chi connectivity index (χ0) is 20.1. The van der Waals surface area contributed by atoms with Crippen molar-refractivity contribution < 1.29 is 18.5 Å². The van der Waals surface area contributed by atoms with E-state index in [2.05, 4.69) is 0 Å². The van der Waals surface area contributed by atoms with E-state index in [-0.39, 0.29) is 11.8 Å². The Kier molecular flexibility index (Phi) is 4.62. The predicted octanol–water partition coefficient (Wildman–Crippen LogP) is 3.03. The molecule has 0 spiro atoms. The molecule has 28 heavy (non-hydrogen) atoms. The molecule has 2 unspecified atom stereocenters. The van der Waals surface area contributed by atoms with Gasteiger partial charge in [-0.3, -0.25) is 9.00 Å². The second kappa shape index (κ2) is 6.85. The van der Waals surface area contributed by atoms with Gasteiger partial charge in [-0.2, -0.15) is 0 Å². The lowest BCUT2D eigenvalue weighted by molar-refractivity contribution is -0.168. The largest absolute Gasteiger partial charge is 0.451 e. The molecule has 2 fully saturated rings. The highest BCUT2D eigenvalue weighted by Crippen LogP contribution is 2.46. The molecule has 146 valence electrons. The van der Waals surface area contributed by atoms with Crippen LogP contribution in [0.1, 0.15) is 38.0 Å². The first kappa shape index (κ1) is 18.9. The van der Waals surface area contributed by atoms with Crippen molar-refractivity contribution in [3.8, 4) is 0 Å². The molecule has 2 aliphatic heterocycles. The van der Waals surface area contributed by atoms with Gasteiger partial charge in [0.25, 0.3) is 0 Å². The molecule has 1 amide bonds. The van der Waals surface area contributed by atoms with Crippen LogP contribution in [0.4, 0.5) is 0 Å². The van der Waals surface area contributed by atoms with Crippen LogP contribution in [0.2, 0.25) is 0 Å². The fourth-order valence-corrected chi connectivity index (χ4v) is 6.09. The number of hydrogen-bond acceptors (Lipinski definition) is 4. The smallest absolute Gasteiger partial charge is 0.331 e. The van der Waals surface area contributed by atoms with E-state index in [9.17, 15) is 13.8 Å². The highest BCUT2D eigenvalue weighted by atomic mass is 32.2. The van der Waals surface area contributed by atoms with Crippen molar-refractivity contribution in [1.29, 1.82) is 0 Å². The number of fused-ring (bicyclic) bond motifs is 1. The summed E-state index contributed by atoms with van der Waals surface area (Å²) in [5, 5.41) is -0.410. The van der Waals surface area contributed by atoms with Crippen LogP contribution < -0.4 is 0 Å². The van der Waals surface area contributed by atoms with Crippen LogP contribution in [0.5, 0.6) is 0 Å². The summed E-state index contributed by atoms with van der Waals surface area (Å²) in [6.45, 7) is 5.31. The van der Waals surface area contributed by atoms with E-state index in [0.29, 0.717) is 0 Å². The van der Waals surface area contributed by atoms with Gasteiger partial charge in [0.15, 0.2) is 6.10 Å². The Bertz CT molecular complexity index is 889. The summed E-state index contributed by atoms with van der Waals surface area (Å²) in [5.41, 5.74) is 1.69. The molecule has 6 heteroatoms. The van der Waals surface area contributed by atoms with Crippen LogP contribution >= 0.6 is 0 Å². The Morgan fingerprint density at radius 2 is 1.54 bits per heavy atom. The maximum Gasteiger partial charge on any atom is 0.331 e. The number of carbonyl (C=O) groups is 2. The Morgan fingerprint density at radius 3 is 2.04 bits per heavy atom. The van der Waals surface area contributed by atoms with Crippen molar-refractivity contribution >= 4 is 22.7 Å². The first-order chi connectivity index (χ1) is 13.3. The van der Waals surface area contributed by atoms with Crippen LogP contribution in [-0.4, -0.2) is 37.1 Å². The van der Waals surface area contributed by atoms with Crippen molar-refractivity contribution in [2.45, 2.75) is 43.0 Å². The molecule has 2 aromatic carbocycles. The Hall–Kier alpha value is -2.47. The number of β-lactam (4-membered cyclic amide) rings is 1. The summed E-state index contributed by atoms with van der Waals surface area (Å²) in [5.74, 6) is -0.974. The van der Waals surface area contributed by atoms with Gasteiger partial charge >= 0.3 is 5.97 Å². The standard InChI is InChI=1S/C22H23NO4S/c1-14-19(24)23-18(22(2,3)28(26)20(14)23)21(25)27-17(15-10-6-4-7-11-15)16-12-8-5-9-13-16/h4-14,17-18,20H,1-3H3/t14-,18+,20?,28?/m1/s1. The minimum absolute atomic E-state index is 0.137. The topological polar surface area (TPSA) is 63.7 Å². The molecule has 0 radical (unpaired) electrons. The predicted molar refractivity (Wildman–Crippen MR) is 107 cm³/mol. The first-order valence-corrected chi connectivity index (χ1v) is 10.6. The van der Waals surface area contributed by atoms with Gasteiger partial charge in [0, 0.05) is 0 Å². The molecule has 2 heterocycles. The molecule has 2 saturated heterocycles. The van der Waals surface area contributed by atoms with Gasteiger partial charge in [0.05, 0.1) is 21.5 Å². The van der Waals surface area contributed by atoms with E-state index in [1.165, 1.54) is 4.90 Å². The molecule has 2 aliphatic rings. The second-order valence-electron chi connectivity index (χ2n) is 7.87. The average molecular weight is 397 g/mol. The molecule has 5 nitrogen and oxygen atoms in total. The normalized spacial score (nSPS) is 28.0. The zero-order valence-corrected chi connectivity index (χ0v) is 16.9. The lowest BCUT2D eigenvalue weighted by atomic mass is 9.93. The molecule has 0 aliphatic carbocycles. The van der Waals surface area contributed by atoms with E-state index < -0.39 is 39.0 Å². The summed E-state index contributed by atoms with van der Waals surface area (Å²) in [7, 11) is -1.32. The molecular weight excluding hydrogens is 374 g/mol. The third kappa shape index (κ3) is 2.78. The van der Waals surface area contributed by atoms with E-state index in [1.54, 1.807) is 20.8 Å². The van der Waals surface area contributed by atoms with Crippen LogP contribution in [0.25, 0.3) is 0 Å². The van der Waals surface area contributed by atoms with Crippen molar-refractivity contribution in [1.82, 2.24) is 4.90 Å². The lowest BCUT2D eigenvalue weighted by Gasteiger charge is -2.42. The zero-order valence-electron chi connectivity index (χ0n) is 16.1. The Morgan fingerprint density at radius 1 is 1.04 bits per heavy atom. The quantitative estimate of drug-likeness (QED) is 0.588. The summed E-state index contributed by atoms with van der Waals surface area (Å²) in [6, 6.07) is 18.2. The van der Waals surface area contributed by atoms with Crippen LogP contribution in [-0.2, 0) is 25.1 Å².